The molecule has 3 rings (SSSR count). The lowest BCUT2D eigenvalue weighted by molar-refractivity contribution is -0.171. The summed E-state index contributed by atoms with van der Waals surface area (Å²) in [4.78, 5) is 25.5. The minimum Gasteiger partial charge on any atom is -0.497 e. The zero-order valence-electron chi connectivity index (χ0n) is 18.2. The smallest absolute Gasteiger partial charge is 0.318 e. The molecular weight excluding hydrogens is 408 g/mol. The number of methoxy groups -OCH3 is 1. The molecule has 1 aliphatic carbocycles. The number of likely N-dealkylation sites (tertiary alicyclic amines) is 1. The Balaban J connectivity index is 2.09. The Hall–Kier alpha value is -2.26. The second kappa shape index (κ2) is 8.70. The fraction of sp³-hybridized carbons (Fsp3) is 0.636. The Kier molecular flexibility index (Phi) is 6.57. The first-order valence-corrected chi connectivity index (χ1v) is 10.5. The molecule has 0 aromatic heterocycles. The van der Waals surface area contributed by atoms with Crippen LogP contribution >= 0.6 is 0 Å². The number of ether oxygens (including phenoxy) is 1. The number of fused-ring (bicyclic) bond motifs is 1. The monoisotopic (exact) mass is 439 g/mol. The van der Waals surface area contributed by atoms with Gasteiger partial charge in [-0.25, -0.2) is 13.6 Å². The number of hydrogen-bond donors (Lipinski definition) is 3. The van der Waals surface area contributed by atoms with Gasteiger partial charge >= 0.3 is 6.03 Å². The van der Waals surface area contributed by atoms with Crippen LogP contribution in [0.25, 0.3) is 0 Å². The van der Waals surface area contributed by atoms with Crippen LogP contribution in [-0.4, -0.2) is 60.2 Å². The molecule has 0 bridgehead atoms. The molecule has 3 amide bonds. The van der Waals surface area contributed by atoms with Gasteiger partial charge in [0.15, 0.2) is 0 Å². The fourth-order valence-corrected chi connectivity index (χ4v) is 5.69. The van der Waals surface area contributed by atoms with Gasteiger partial charge in [-0.1, -0.05) is 6.07 Å². The highest BCUT2D eigenvalue weighted by Gasteiger charge is 2.62. The van der Waals surface area contributed by atoms with E-state index >= 15 is 0 Å². The molecule has 4 unspecified atom stereocenters. The molecular formula is C22H31F2N3O4. The van der Waals surface area contributed by atoms with E-state index in [1.165, 1.54) is 0 Å². The second-order valence-electron chi connectivity index (χ2n) is 8.79. The van der Waals surface area contributed by atoms with Crippen molar-refractivity contribution in [2.45, 2.75) is 63.0 Å². The zero-order valence-corrected chi connectivity index (χ0v) is 18.2. The van der Waals surface area contributed by atoms with Crippen molar-refractivity contribution in [2.75, 3.05) is 20.2 Å². The van der Waals surface area contributed by atoms with Crippen molar-refractivity contribution in [3.63, 3.8) is 0 Å². The number of halogens is 2. The van der Waals surface area contributed by atoms with Crippen LogP contribution in [0.2, 0.25) is 0 Å². The number of benzene rings is 1. The number of carbonyl (C=O) groups excluding carboxylic acids is 2. The summed E-state index contributed by atoms with van der Waals surface area (Å²) in [6, 6.07) is 4.12. The number of aliphatic hydroxyl groups is 1. The number of primary amides is 1. The highest BCUT2D eigenvalue weighted by molar-refractivity contribution is 5.94. The van der Waals surface area contributed by atoms with Gasteiger partial charge in [0.25, 0.3) is 6.43 Å². The molecule has 4 N–H and O–H groups in total. The average Bonchev–Trinajstić information content (AvgIpc) is 2.70. The number of alkyl halides is 2. The number of nitrogens with two attached hydrogens (primary N) is 1. The Labute approximate surface area is 180 Å². The average molecular weight is 440 g/mol. The zero-order chi connectivity index (χ0) is 23.0. The normalized spacial score (nSPS) is 31.2. The number of rotatable bonds is 5. The topological polar surface area (TPSA) is 105 Å². The van der Waals surface area contributed by atoms with Gasteiger partial charge in [0.1, 0.15) is 5.75 Å². The van der Waals surface area contributed by atoms with Crippen molar-refractivity contribution in [2.24, 2.45) is 11.7 Å². The number of nitrogens with one attached hydrogen (secondary N) is 1. The van der Waals surface area contributed by atoms with Gasteiger partial charge in [-0.05, 0) is 69.3 Å². The Morgan fingerprint density at radius 1 is 1.39 bits per heavy atom. The van der Waals surface area contributed by atoms with Gasteiger partial charge in [0.2, 0.25) is 5.91 Å². The Morgan fingerprint density at radius 2 is 2.10 bits per heavy atom. The van der Waals surface area contributed by atoms with Crippen molar-refractivity contribution >= 4 is 11.9 Å². The van der Waals surface area contributed by atoms with Gasteiger partial charge in [0, 0.05) is 17.4 Å². The van der Waals surface area contributed by atoms with E-state index in [0.29, 0.717) is 25.1 Å². The first-order valence-electron chi connectivity index (χ1n) is 10.5. The third kappa shape index (κ3) is 4.13. The Bertz CT molecular complexity index is 852. The van der Waals surface area contributed by atoms with E-state index in [9.17, 15) is 23.5 Å². The summed E-state index contributed by atoms with van der Waals surface area (Å²) < 4.78 is 31.8. The molecule has 0 spiro atoms. The molecule has 1 aromatic rings. The lowest BCUT2D eigenvalue weighted by Gasteiger charge is -2.61. The quantitative estimate of drug-likeness (QED) is 0.653. The highest BCUT2D eigenvalue weighted by Crippen LogP contribution is 2.56. The minimum atomic E-state index is -2.50. The SMILES string of the molecule is COc1ccc(C)c(C23CCN(CC(F)F)C(C)C2(O)CCC(C(=O)NC(N)=O)C3)c1. The molecule has 0 radical (unpaired) electrons. The number of aryl methyl sites for hydroxylation is 1. The molecule has 2 aliphatic rings. The molecule has 1 aliphatic heterocycles. The van der Waals surface area contributed by atoms with Crippen molar-refractivity contribution in [3.8, 4) is 5.75 Å². The van der Waals surface area contributed by atoms with Crippen LogP contribution in [-0.2, 0) is 10.2 Å². The maximum absolute atomic E-state index is 13.2. The molecule has 4 atom stereocenters. The standard InChI is InChI=1S/C22H31F2N3O4/c1-13-4-5-16(31-3)10-17(13)21-8-9-27(12-18(23)24)14(2)22(21,30)7-6-15(11-21)19(28)26-20(25)29/h4-5,10,14-15,18,30H,6-9,11-12H2,1-3H3,(H3,25,26,28,29). The van der Waals surface area contributed by atoms with E-state index in [1.54, 1.807) is 18.9 Å². The van der Waals surface area contributed by atoms with Crippen molar-refractivity contribution in [1.82, 2.24) is 10.2 Å². The van der Waals surface area contributed by atoms with Crippen molar-refractivity contribution in [1.29, 1.82) is 0 Å². The molecule has 172 valence electrons. The maximum atomic E-state index is 13.2. The Morgan fingerprint density at radius 3 is 2.71 bits per heavy atom. The predicted octanol–water partition coefficient (Wildman–Crippen LogP) is 2.33. The molecule has 1 saturated heterocycles. The largest absolute Gasteiger partial charge is 0.497 e. The summed E-state index contributed by atoms with van der Waals surface area (Å²) in [5, 5.41) is 14.2. The lowest BCUT2D eigenvalue weighted by Crippen LogP contribution is -2.70. The van der Waals surface area contributed by atoms with Crippen LogP contribution < -0.4 is 15.8 Å². The van der Waals surface area contributed by atoms with Crippen LogP contribution in [0.1, 0.15) is 43.7 Å². The molecule has 31 heavy (non-hydrogen) atoms. The van der Waals surface area contributed by atoms with Crippen molar-refractivity contribution in [3.05, 3.63) is 29.3 Å². The van der Waals surface area contributed by atoms with E-state index in [1.807, 2.05) is 25.1 Å². The van der Waals surface area contributed by atoms with Gasteiger partial charge in [-0.3, -0.25) is 15.0 Å². The minimum absolute atomic E-state index is 0.238. The first-order chi connectivity index (χ1) is 14.5. The molecule has 7 nitrogen and oxygen atoms in total. The van der Waals surface area contributed by atoms with E-state index < -0.39 is 47.9 Å². The number of imide groups is 1. The van der Waals surface area contributed by atoms with Crippen LogP contribution in [0.4, 0.5) is 13.6 Å². The second-order valence-corrected chi connectivity index (χ2v) is 8.79. The van der Waals surface area contributed by atoms with E-state index in [2.05, 4.69) is 5.32 Å². The fourth-order valence-electron chi connectivity index (χ4n) is 5.69. The molecule has 2 fully saturated rings. The van der Waals surface area contributed by atoms with Crippen LogP contribution in [0, 0.1) is 12.8 Å². The number of urea groups is 1. The highest BCUT2D eigenvalue weighted by atomic mass is 19.3. The maximum Gasteiger partial charge on any atom is 0.318 e. The van der Waals surface area contributed by atoms with Crippen LogP contribution in [0.3, 0.4) is 0 Å². The molecule has 1 saturated carbocycles. The summed E-state index contributed by atoms with van der Waals surface area (Å²) in [6.45, 7) is 3.64. The summed E-state index contributed by atoms with van der Waals surface area (Å²) in [6.07, 6.45) is -1.26. The summed E-state index contributed by atoms with van der Waals surface area (Å²) in [5.74, 6) is -0.395. The van der Waals surface area contributed by atoms with Crippen molar-refractivity contribution < 1.29 is 28.2 Å². The van der Waals surface area contributed by atoms with Gasteiger partial charge in [0.05, 0.1) is 19.3 Å². The third-order valence-electron chi connectivity index (χ3n) is 7.31. The number of nitrogens with zero attached hydrogens (tertiary/aromatic N) is 1. The number of amides is 3. The van der Waals surface area contributed by atoms with Crippen LogP contribution in [0.15, 0.2) is 18.2 Å². The number of carbonyl (C=O) groups is 2. The third-order valence-corrected chi connectivity index (χ3v) is 7.31. The summed E-state index contributed by atoms with van der Waals surface area (Å²) in [7, 11) is 1.55. The van der Waals surface area contributed by atoms with E-state index in [-0.39, 0.29) is 12.8 Å². The molecule has 1 heterocycles. The number of hydrogen-bond acceptors (Lipinski definition) is 5. The lowest BCUT2D eigenvalue weighted by atomic mass is 9.51. The number of piperidine rings is 1. The molecule has 1 aromatic carbocycles. The summed E-state index contributed by atoms with van der Waals surface area (Å²) in [5.41, 5.74) is 4.71. The van der Waals surface area contributed by atoms with Gasteiger partial charge in [-0.15, -0.1) is 0 Å². The predicted molar refractivity (Wildman–Crippen MR) is 111 cm³/mol. The van der Waals surface area contributed by atoms with E-state index in [0.717, 1.165) is 11.1 Å². The first kappa shape index (κ1) is 23.4. The molecule has 9 heteroatoms. The van der Waals surface area contributed by atoms with Crippen LogP contribution in [0.5, 0.6) is 5.75 Å². The van der Waals surface area contributed by atoms with Gasteiger partial charge in [-0.2, -0.15) is 0 Å². The van der Waals surface area contributed by atoms with Gasteiger partial charge < -0.3 is 15.6 Å². The summed E-state index contributed by atoms with van der Waals surface area (Å²) >= 11 is 0. The van der Waals surface area contributed by atoms with E-state index in [4.69, 9.17) is 10.5 Å².